The van der Waals surface area contributed by atoms with Crippen molar-refractivity contribution in [1.82, 2.24) is 6.15 Å². The van der Waals surface area contributed by atoms with Crippen molar-refractivity contribution < 1.29 is 9.90 Å². The van der Waals surface area contributed by atoms with Crippen molar-refractivity contribution >= 4 is 5.78 Å². The van der Waals surface area contributed by atoms with E-state index in [2.05, 4.69) is 6.58 Å². The Hall–Kier alpha value is -0.670. The second-order valence-corrected chi connectivity index (χ2v) is 2.26. The van der Waals surface area contributed by atoms with Gasteiger partial charge in [0.15, 0.2) is 5.78 Å². The van der Waals surface area contributed by atoms with Crippen LogP contribution in [0.4, 0.5) is 0 Å². The highest BCUT2D eigenvalue weighted by Crippen LogP contribution is 1.98. The first-order valence-corrected chi connectivity index (χ1v) is 2.91. The molecule has 0 spiro atoms. The van der Waals surface area contributed by atoms with E-state index in [1.165, 1.54) is 0 Å². The van der Waals surface area contributed by atoms with E-state index in [-0.39, 0.29) is 18.4 Å². The van der Waals surface area contributed by atoms with Gasteiger partial charge in [-0.3, -0.25) is 4.79 Å². The Balaban J connectivity index is 0. The van der Waals surface area contributed by atoms with E-state index in [1.807, 2.05) is 0 Å². The normalized spacial score (nSPS) is 11.5. The molecule has 0 saturated heterocycles. The van der Waals surface area contributed by atoms with Gasteiger partial charge in [-0.1, -0.05) is 6.58 Å². The van der Waals surface area contributed by atoms with E-state index in [9.17, 15) is 4.79 Å². The van der Waals surface area contributed by atoms with Gasteiger partial charge in [-0.25, -0.2) is 0 Å². The molecule has 1 atom stereocenters. The van der Waals surface area contributed by atoms with Crippen LogP contribution < -0.4 is 6.15 Å². The van der Waals surface area contributed by atoms with Crippen molar-refractivity contribution in [2.75, 3.05) is 0 Å². The summed E-state index contributed by atoms with van der Waals surface area (Å²) in [5.41, 5.74) is 0.510. The number of ketones is 1. The largest absolute Gasteiger partial charge is 0.393 e. The number of carbonyl (C=O) groups is 1. The third-order valence-corrected chi connectivity index (χ3v) is 0.957. The third-order valence-electron chi connectivity index (χ3n) is 0.957. The van der Waals surface area contributed by atoms with E-state index in [1.54, 1.807) is 13.8 Å². The van der Waals surface area contributed by atoms with Crippen LogP contribution in [0.5, 0.6) is 0 Å². The van der Waals surface area contributed by atoms with Crippen LogP contribution in [0, 0.1) is 0 Å². The molecule has 0 bridgehead atoms. The number of rotatable bonds is 3. The quantitative estimate of drug-likeness (QED) is 0.583. The van der Waals surface area contributed by atoms with Crippen LogP contribution in [0.3, 0.4) is 0 Å². The van der Waals surface area contributed by atoms with Gasteiger partial charge in [0.25, 0.3) is 0 Å². The predicted octanol–water partition coefficient (Wildman–Crippen LogP) is 1.06. The summed E-state index contributed by atoms with van der Waals surface area (Å²) in [6.07, 6.45) is -0.357. The Bertz CT molecular complexity index is 130. The molecule has 0 aliphatic carbocycles. The van der Waals surface area contributed by atoms with Gasteiger partial charge in [0.1, 0.15) is 0 Å². The maximum absolute atomic E-state index is 10.7. The molecule has 0 fully saturated rings. The van der Waals surface area contributed by atoms with E-state index < -0.39 is 6.10 Å². The third kappa shape index (κ3) is 5.47. The number of hydrogen-bond acceptors (Lipinski definition) is 3. The molecule has 4 N–H and O–H groups in total. The first-order valence-electron chi connectivity index (χ1n) is 2.91. The van der Waals surface area contributed by atoms with Gasteiger partial charge in [-0.05, 0) is 19.4 Å². The van der Waals surface area contributed by atoms with Crippen molar-refractivity contribution in [3.05, 3.63) is 12.2 Å². The number of hydrogen-bond donors (Lipinski definition) is 2. The van der Waals surface area contributed by atoms with Crippen LogP contribution in [-0.4, -0.2) is 17.0 Å². The van der Waals surface area contributed by atoms with Crippen molar-refractivity contribution in [2.24, 2.45) is 0 Å². The van der Waals surface area contributed by atoms with Crippen LogP contribution >= 0.6 is 0 Å². The molecule has 0 radical (unpaired) electrons. The highest BCUT2D eigenvalue weighted by Gasteiger charge is 2.04. The second kappa shape index (κ2) is 5.14. The highest BCUT2D eigenvalue weighted by atomic mass is 16.3. The van der Waals surface area contributed by atoms with Crippen LogP contribution in [0.1, 0.15) is 20.3 Å². The maximum Gasteiger partial charge on any atom is 0.160 e. The molecule has 3 nitrogen and oxygen atoms in total. The molecule has 0 saturated carbocycles. The molecular formula is C7H15NO2. The zero-order chi connectivity index (χ0) is 7.44. The number of aliphatic hydroxyl groups excluding tert-OH is 1. The summed E-state index contributed by atoms with van der Waals surface area (Å²) >= 11 is 0. The van der Waals surface area contributed by atoms with E-state index >= 15 is 0 Å². The first kappa shape index (κ1) is 12.0. The summed E-state index contributed by atoms with van der Waals surface area (Å²) in [6.45, 7) is 6.68. The molecule has 0 aliphatic heterocycles. The molecule has 0 rings (SSSR count). The van der Waals surface area contributed by atoms with Gasteiger partial charge < -0.3 is 11.3 Å². The Morgan fingerprint density at radius 1 is 1.70 bits per heavy atom. The second-order valence-electron chi connectivity index (χ2n) is 2.26. The number of carbonyl (C=O) groups excluding carboxylic acids is 1. The van der Waals surface area contributed by atoms with Gasteiger partial charge in [0.2, 0.25) is 0 Å². The summed E-state index contributed by atoms with van der Waals surface area (Å²) in [7, 11) is 0. The molecule has 1 unspecified atom stereocenters. The van der Waals surface area contributed by atoms with Crippen molar-refractivity contribution in [2.45, 2.75) is 26.4 Å². The lowest BCUT2D eigenvalue weighted by atomic mass is 10.1. The average Bonchev–Trinajstić information content (AvgIpc) is 1.63. The van der Waals surface area contributed by atoms with Crippen LogP contribution in [0.15, 0.2) is 12.2 Å². The zero-order valence-electron chi connectivity index (χ0n) is 6.55. The number of Topliss-reactive ketones (excluding diaryl/α,β-unsaturated/α-hetero) is 1. The van der Waals surface area contributed by atoms with E-state index in [0.717, 1.165) is 0 Å². The molecule has 0 aromatic carbocycles. The molecular weight excluding hydrogens is 130 g/mol. The average molecular weight is 145 g/mol. The lowest BCUT2D eigenvalue weighted by Gasteiger charge is -2.00. The zero-order valence-corrected chi connectivity index (χ0v) is 6.55. The fourth-order valence-corrected chi connectivity index (χ4v) is 0.443. The van der Waals surface area contributed by atoms with Crippen LogP contribution in [0.2, 0.25) is 0 Å². The molecule has 3 heteroatoms. The predicted molar refractivity (Wildman–Crippen MR) is 41.1 cm³/mol. The lowest BCUT2D eigenvalue weighted by Crippen LogP contribution is -2.09. The van der Waals surface area contributed by atoms with E-state index in [0.29, 0.717) is 5.57 Å². The summed E-state index contributed by atoms with van der Waals surface area (Å²) < 4.78 is 0. The lowest BCUT2D eigenvalue weighted by molar-refractivity contribution is -0.117. The SMILES string of the molecule is C=C(C)C(=O)CC(C)O.N. The molecule has 10 heavy (non-hydrogen) atoms. The topological polar surface area (TPSA) is 72.3 Å². The molecule has 60 valence electrons. The standard InChI is InChI=1S/C7H12O2.H3N/c1-5(2)7(9)4-6(3)8;/h6,8H,1,4H2,2-3H3;1H3. The molecule has 0 aromatic heterocycles. The summed E-state index contributed by atoms with van der Waals surface area (Å²) in [5, 5.41) is 8.71. The fraction of sp³-hybridized carbons (Fsp3) is 0.571. The number of allylic oxidation sites excluding steroid dienone is 1. The van der Waals surface area contributed by atoms with Gasteiger partial charge >= 0.3 is 0 Å². The minimum Gasteiger partial charge on any atom is -0.393 e. The monoisotopic (exact) mass is 145 g/mol. The van der Waals surface area contributed by atoms with Crippen LogP contribution in [0.25, 0.3) is 0 Å². The number of aliphatic hydroxyl groups is 1. The summed E-state index contributed by atoms with van der Waals surface area (Å²) in [5.74, 6) is -0.0648. The molecule has 0 aliphatic rings. The molecule has 0 heterocycles. The maximum atomic E-state index is 10.7. The first-order chi connectivity index (χ1) is 4.04. The fourth-order valence-electron chi connectivity index (χ4n) is 0.443. The van der Waals surface area contributed by atoms with Crippen molar-refractivity contribution in [3.63, 3.8) is 0 Å². The Kier molecular flexibility index (Phi) is 6.20. The van der Waals surface area contributed by atoms with Crippen molar-refractivity contribution in [1.29, 1.82) is 0 Å². The van der Waals surface area contributed by atoms with Gasteiger partial charge in [-0.2, -0.15) is 0 Å². The smallest absolute Gasteiger partial charge is 0.160 e. The summed E-state index contributed by atoms with van der Waals surface area (Å²) in [4.78, 5) is 10.7. The Morgan fingerprint density at radius 3 is 2.20 bits per heavy atom. The molecule has 0 amide bonds. The van der Waals surface area contributed by atoms with Crippen molar-refractivity contribution in [3.8, 4) is 0 Å². The Labute approximate surface area is 61.3 Å². The van der Waals surface area contributed by atoms with Gasteiger partial charge in [-0.15, -0.1) is 0 Å². The Morgan fingerprint density at radius 2 is 2.10 bits per heavy atom. The highest BCUT2D eigenvalue weighted by molar-refractivity contribution is 5.94. The van der Waals surface area contributed by atoms with Crippen LogP contribution in [-0.2, 0) is 4.79 Å². The van der Waals surface area contributed by atoms with E-state index in [4.69, 9.17) is 5.11 Å². The molecule has 0 aromatic rings. The minimum absolute atomic E-state index is 0. The van der Waals surface area contributed by atoms with Gasteiger partial charge in [0.05, 0.1) is 6.10 Å². The van der Waals surface area contributed by atoms with Gasteiger partial charge in [0, 0.05) is 6.42 Å². The summed E-state index contributed by atoms with van der Waals surface area (Å²) in [6, 6.07) is 0. The minimum atomic E-state index is -0.547.